The fourth-order valence-electron chi connectivity index (χ4n) is 21.3. The van der Waals surface area contributed by atoms with Crippen LogP contribution in [0.3, 0.4) is 0 Å². The summed E-state index contributed by atoms with van der Waals surface area (Å²) in [5.41, 5.74) is 15.1. The summed E-state index contributed by atoms with van der Waals surface area (Å²) in [6, 6.07) is 52.0. The molecule has 0 amide bonds. The van der Waals surface area contributed by atoms with Crippen molar-refractivity contribution in [3.8, 4) is 67.5 Å². The van der Waals surface area contributed by atoms with Gasteiger partial charge in [0.15, 0.2) is 23.0 Å². The maximum absolute atomic E-state index is 13.5. The summed E-state index contributed by atoms with van der Waals surface area (Å²) in [6.45, 7) is 1.85. The van der Waals surface area contributed by atoms with E-state index in [-0.39, 0.29) is 65.4 Å². The third-order valence-corrected chi connectivity index (χ3v) is 29.1. The fraction of sp³-hybridized carbons (Fsp3) is 0.283. The van der Waals surface area contributed by atoms with Crippen molar-refractivity contribution < 1.29 is 117 Å². The van der Waals surface area contributed by atoms with E-state index in [0.717, 1.165) is 103 Å². The Bertz CT molecular complexity index is 7660. The molecule has 148 heavy (non-hydrogen) atoms. The summed E-state index contributed by atoms with van der Waals surface area (Å²) in [7, 11) is 0. The Kier molecular flexibility index (Phi) is 32.7. The number of H-pyrrole nitrogens is 4. The molecular weight excluding hydrogens is 1880 g/mol. The molecule has 16 aromatic rings. The van der Waals surface area contributed by atoms with Gasteiger partial charge in [0, 0.05) is 70.6 Å². The summed E-state index contributed by atoms with van der Waals surface area (Å²) in [6.07, 6.45) is 42.1. The van der Waals surface area contributed by atoms with Crippen LogP contribution in [0.5, 0.6) is 23.0 Å². The van der Waals surface area contributed by atoms with Gasteiger partial charge in [-0.1, -0.05) is 283 Å². The average Bonchev–Trinajstić information content (AvgIpc) is 1.62. The lowest BCUT2D eigenvalue weighted by Crippen LogP contribution is -2.04. The Morgan fingerprint density at radius 3 is 0.899 bits per heavy atom. The molecule has 0 bridgehead atoms. The van der Waals surface area contributed by atoms with Crippen molar-refractivity contribution in [1.29, 1.82) is 0 Å². The number of unbranched alkanes of at least 4 members (excludes halogenated alkanes) is 1. The van der Waals surface area contributed by atoms with Crippen molar-refractivity contribution in [3.63, 3.8) is 0 Å². The third kappa shape index (κ3) is 22.0. The van der Waals surface area contributed by atoms with Gasteiger partial charge < -0.3 is 98.9 Å². The molecule has 20 rings (SSSR count). The quantitative estimate of drug-likeness (QED) is 0.0106. The zero-order valence-electron chi connectivity index (χ0n) is 81.9. The molecule has 4 aliphatic carbocycles. The zero-order valence-corrected chi connectivity index (χ0v) is 81.9. The second-order valence-corrected chi connectivity index (χ2v) is 38.4. The molecule has 8 aromatic carbocycles. The second kappa shape index (κ2) is 46.9. The maximum Gasteiger partial charge on any atom is 0.372 e. The molecule has 0 atom stereocenters. The van der Waals surface area contributed by atoms with Crippen molar-refractivity contribution in [2.45, 2.75) is 191 Å². The van der Waals surface area contributed by atoms with Crippen molar-refractivity contribution >= 4 is 103 Å². The van der Waals surface area contributed by atoms with Crippen LogP contribution in [0, 0.1) is 0 Å². The van der Waals surface area contributed by atoms with Gasteiger partial charge >= 0.3 is 23.9 Å². The number of ketones is 4. The molecule has 8 aromatic heterocycles. The van der Waals surface area contributed by atoms with Gasteiger partial charge in [-0.3, -0.25) is 19.2 Å². The van der Waals surface area contributed by atoms with Gasteiger partial charge in [-0.15, -0.1) is 0 Å². The Morgan fingerprint density at radius 1 is 0.324 bits per heavy atom. The third-order valence-electron chi connectivity index (χ3n) is 29.1. The largest absolute Gasteiger partial charge is 0.504 e. The number of aliphatic hydroxyl groups is 4. The number of allylic oxidation sites excluding steroid dienone is 1. The maximum atomic E-state index is 13.5. The lowest BCUT2D eigenvalue weighted by atomic mass is 9.83. The van der Waals surface area contributed by atoms with Gasteiger partial charge in [0.05, 0.1) is 68.8 Å². The van der Waals surface area contributed by atoms with Gasteiger partial charge in [0.1, 0.15) is 0 Å². The Hall–Kier alpha value is -16.1. The van der Waals surface area contributed by atoms with Crippen molar-refractivity contribution in [3.05, 3.63) is 331 Å². The number of furan rings is 4. The fourth-order valence-corrected chi connectivity index (χ4v) is 21.3. The first-order chi connectivity index (χ1) is 71.9. The number of aliphatic hydroxyl groups excluding tert-OH is 4. The molecule has 0 radical (unpaired) electrons. The van der Waals surface area contributed by atoms with Crippen LogP contribution in [0.2, 0.25) is 0 Å². The van der Waals surface area contributed by atoms with E-state index in [4.69, 9.17) is 33.0 Å². The smallest absolute Gasteiger partial charge is 0.372 e. The minimum Gasteiger partial charge on any atom is -0.504 e. The highest BCUT2D eigenvalue weighted by Crippen LogP contribution is 2.49. The Morgan fingerprint density at radius 2 is 0.608 bits per heavy atom. The lowest BCUT2D eigenvalue weighted by molar-refractivity contribution is 0.0650. The average molecular weight is 2000 g/mol. The van der Waals surface area contributed by atoms with Crippen LogP contribution in [0.4, 0.5) is 0 Å². The summed E-state index contributed by atoms with van der Waals surface area (Å²) < 4.78 is 22.0. The number of aromatic nitrogens is 4. The summed E-state index contributed by atoms with van der Waals surface area (Å²) in [5.74, 6) is -11.4. The summed E-state index contributed by atoms with van der Waals surface area (Å²) >= 11 is 0. The molecule has 8 heterocycles. The molecule has 4 saturated carbocycles. The highest BCUT2D eigenvalue weighted by molar-refractivity contribution is 6.22. The lowest BCUT2D eigenvalue weighted by Gasteiger charge is -2.22. The molecule has 16 N–H and O–H groups in total. The zero-order chi connectivity index (χ0) is 104. The molecule has 28 nitrogen and oxygen atoms in total. The van der Waals surface area contributed by atoms with Crippen LogP contribution in [-0.2, 0) is 12.8 Å². The number of fused-ring (bicyclic) bond motifs is 4. The van der Waals surface area contributed by atoms with E-state index in [2.05, 4.69) is 19.9 Å². The SMILES string of the molecule is C/C(=C\Cc1cccc2c(C(=O)c3oc(C(=O)O)c(-c4ccc(C5CCCCC5)cc4)c3O)c[nH]c12)CO.O=C(O)c1oc(C(=O)c2c[nH]c3c(/C=C/CCO)cccc23)c(O)c1-c1ccc(C2CCCCC2)cc1.O=C(O)c1oc(C(=O)c2c[nH]c3c(/C=C/CO)cccc23)c(O)c1-c1ccc(C2CCCCC2)cc1.O=C(O)c1oc(C(=O)c2c[nH]c3c(CCCCO)cccc23)c(O)c1-c1ccc(C2CCCCC2)cc1. The van der Waals surface area contributed by atoms with Crippen molar-refractivity contribution in [2.75, 3.05) is 26.4 Å². The van der Waals surface area contributed by atoms with E-state index in [0.29, 0.717) is 103 Å². The van der Waals surface area contributed by atoms with Gasteiger partial charge in [-0.2, -0.15) is 0 Å². The molecule has 4 aliphatic rings. The highest BCUT2D eigenvalue weighted by atomic mass is 16.4. The van der Waals surface area contributed by atoms with Crippen LogP contribution in [0.1, 0.15) is 329 Å². The van der Waals surface area contributed by atoms with E-state index in [1.807, 2.05) is 110 Å². The number of carboxylic acid groups (broad SMARTS) is 4. The normalized spacial score (nSPS) is 14.5. The van der Waals surface area contributed by atoms with Crippen LogP contribution in [0.25, 0.3) is 100 Å². The number of hydrogen-bond acceptors (Lipinski definition) is 20. The molecule has 0 spiro atoms. The Labute approximate surface area is 851 Å². The standard InChI is InChI=1S/C31H31NO6.C30H31NO6.C30H29NO6.C29H27NO6/c1-18(17-33)10-11-22-8-5-9-23-24(16-32-26(22)23)27(34)30-28(35)25(29(38-30)31(36)37)21-14-12-20(13-15-21)19-6-3-2-4-7-19;2*32-16-5-4-9-21-10-6-11-22-23(17-31-25(21)22)26(33)29-27(34)24(28(37-29)30(35)36)20-14-12-19(13-15-20)18-7-2-1-3-8-18;31-15-5-9-20-8-4-10-21-22(16-30-24(20)21)25(32)28-26(33)23(27(36-28)29(34)35)19-13-11-18(12-14-19)17-6-2-1-3-7-17/h5,8-10,12-16,19,32-33,35H,2-4,6-7,11,17H2,1H3,(H,36,37);6,10-15,17-18,31-32,34H,1-5,7-9,16H2,(H,35,36);4,6,9-15,17-18,31-32,34H,1-3,5,7-8,16H2,(H,35,36);4-5,8-14,16-17,30-31,33H,1-3,6-7,15H2,(H,34,35)/b18-10+;;9-4+;9-5+. The number of aromatic amines is 4. The number of carbonyl (C=O) groups excluding carboxylic acids is 4. The summed E-state index contributed by atoms with van der Waals surface area (Å²) in [5, 5.41) is 122. The molecule has 4 fully saturated rings. The second-order valence-electron chi connectivity index (χ2n) is 38.4. The number of aromatic hydroxyl groups is 4. The predicted molar refractivity (Wildman–Crippen MR) is 563 cm³/mol. The topological polar surface area (TPSA) is 495 Å². The number of carbonyl (C=O) groups is 8. The molecular formula is C120H118N4O24. The molecule has 0 aliphatic heterocycles. The summed E-state index contributed by atoms with van der Waals surface area (Å²) in [4.78, 5) is 114. The first-order valence-electron chi connectivity index (χ1n) is 50.6. The van der Waals surface area contributed by atoms with Gasteiger partial charge in [-0.05, 0) is 181 Å². The van der Waals surface area contributed by atoms with Gasteiger partial charge in [0.2, 0.25) is 69.2 Å². The number of benzene rings is 8. The molecule has 28 heteroatoms. The monoisotopic (exact) mass is 2000 g/mol. The number of nitrogens with one attached hydrogen (secondary N) is 4. The van der Waals surface area contributed by atoms with Crippen LogP contribution >= 0.6 is 0 Å². The van der Waals surface area contributed by atoms with E-state index in [1.165, 1.54) is 112 Å². The predicted octanol–water partition coefficient (Wildman–Crippen LogP) is 25.6. The first kappa shape index (κ1) is 103. The Balaban J connectivity index is 0.000000135. The van der Waals surface area contributed by atoms with Crippen LogP contribution in [-0.4, -0.2) is 155 Å². The van der Waals surface area contributed by atoms with E-state index < -0.39 is 116 Å². The van der Waals surface area contributed by atoms with E-state index in [9.17, 15) is 84.3 Å². The van der Waals surface area contributed by atoms with Crippen LogP contribution < -0.4 is 0 Å². The van der Waals surface area contributed by atoms with Gasteiger partial charge in [-0.25, -0.2) is 19.2 Å². The van der Waals surface area contributed by atoms with E-state index >= 15 is 0 Å². The van der Waals surface area contributed by atoms with E-state index in [1.54, 1.807) is 109 Å². The minimum absolute atomic E-state index is 0.00110. The number of carboxylic acids is 4. The highest BCUT2D eigenvalue weighted by Gasteiger charge is 2.38. The first-order valence-corrected chi connectivity index (χ1v) is 50.6. The molecule has 0 saturated heterocycles. The number of hydrogen-bond donors (Lipinski definition) is 16. The van der Waals surface area contributed by atoms with Gasteiger partial charge in [0.25, 0.3) is 0 Å². The number of aryl methyl sites for hydroxylation is 1. The van der Waals surface area contributed by atoms with Crippen LogP contribution in [0.15, 0.2) is 236 Å². The number of para-hydroxylation sites is 4. The number of rotatable bonds is 32. The van der Waals surface area contributed by atoms with Crippen molar-refractivity contribution in [1.82, 2.24) is 19.9 Å². The number of aromatic carboxylic acids is 4. The minimum atomic E-state index is -1.37. The molecule has 762 valence electrons. The molecule has 0 unspecified atom stereocenters. The van der Waals surface area contributed by atoms with Crippen molar-refractivity contribution in [2.24, 2.45) is 0 Å².